The Labute approximate surface area is 74.0 Å². The summed E-state index contributed by atoms with van der Waals surface area (Å²) in [5.74, 6) is 0. The van der Waals surface area contributed by atoms with E-state index < -0.39 is 0 Å². The summed E-state index contributed by atoms with van der Waals surface area (Å²) in [6.07, 6.45) is 0. The van der Waals surface area contributed by atoms with E-state index in [1.54, 1.807) is 17.4 Å². The van der Waals surface area contributed by atoms with Crippen LogP contribution in [0.1, 0.15) is 5.01 Å². The second kappa shape index (κ2) is 2.35. The minimum absolute atomic E-state index is 0.698. The number of nitrogen functional groups attached to an aromatic ring is 2. The van der Waals surface area contributed by atoms with E-state index >= 15 is 0 Å². The highest BCUT2D eigenvalue weighted by molar-refractivity contribution is 7.19. The van der Waals surface area contributed by atoms with Crippen molar-refractivity contribution in [3.63, 3.8) is 0 Å². The van der Waals surface area contributed by atoms with Crippen LogP contribution in [-0.4, -0.2) is 4.98 Å². The molecule has 0 bridgehead atoms. The smallest absolute Gasteiger partial charge is 0.106 e. The first-order valence-electron chi connectivity index (χ1n) is 3.59. The van der Waals surface area contributed by atoms with Gasteiger partial charge in [-0.1, -0.05) is 0 Å². The molecular formula is C8H9N3S. The van der Waals surface area contributed by atoms with Crippen LogP contribution >= 0.6 is 11.3 Å². The van der Waals surface area contributed by atoms with Gasteiger partial charge in [0.1, 0.15) is 5.52 Å². The normalized spacial score (nSPS) is 10.8. The molecule has 0 atom stereocenters. The summed E-state index contributed by atoms with van der Waals surface area (Å²) < 4.78 is 0.993. The fourth-order valence-corrected chi connectivity index (χ4v) is 2.03. The summed E-state index contributed by atoms with van der Waals surface area (Å²) >= 11 is 1.58. The molecule has 1 aromatic heterocycles. The van der Waals surface area contributed by atoms with E-state index in [1.165, 1.54) is 0 Å². The van der Waals surface area contributed by atoms with Gasteiger partial charge in [0.15, 0.2) is 0 Å². The lowest BCUT2D eigenvalue weighted by Crippen LogP contribution is -1.89. The zero-order chi connectivity index (χ0) is 8.72. The topological polar surface area (TPSA) is 64.9 Å². The molecule has 1 heterocycles. The summed E-state index contributed by atoms with van der Waals surface area (Å²) in [6.45, 7) is 1.95. The van der Waals surface area contributed by atoms with Crippen LogP contribution in [0.25, 0.3) is 10.2 Å². The Kier molecular flexibility index (Phi) is 1.44. The van der Waals surface area contributed by atoms with Gasteiger partial charge in [0.05, 0.1) is 21.1 Å². The third-order valence-corrected chi connectivity index (χ3v) is 2.73. The highest BCUT2D eigenvalue weighted by Gasteiger charge is 2.05. The Hall–Kier alpha value is -1.29. The van der Waals surface area contributed by atoms with Gasteiger partial charge in [0, 0.05) is 0 Å². The van der Waals surface area contributed by atoms with Crippen molar-refractivity contribution in [1.29, 1.82) is 0 Å². The molecule has 1 aromatic carbocycles. The fraction of sp³-hybridized carbons (Fsp3) is 0.125. The highest BCUT2D eigenvalue weighted by atomic mass is 32.1. The van der Waals surface area contributed by atoms with Crippen molar-refractivity contribution in [3.8, 4) is 0 Å². The number of benzene rings is 1. The molecular weight excluding hydrogens is 170 g/mol. The van der Waals surface area contributed by atoms with Crippen molar-refractivity contribution in [2.75, 3.05) is 11.5 Å². The summed E-state index contributed by atoms with van der Waals surface area (Å²) in [6, 6.07) is 3.60. The van der Waals surface area contributed by atoms with Gasteiger partial charge in [-0.05, 0) is 19.1 Å². The molecule has 62 valence electrons. The molecule has 2 aromatic rings. The van der Waals surface area contributed by atoms with E-state index in [4.69, 9.17) is 11.5 Å². The van der Waals surface area contributed by atoms with Crippen molar-refractivity contribution in [1.82, 2.24) is 4.98 Å². The van der Waals surface area contributed by atoms with Crippen molar-refractivity contribution in [3.05, 3.63) is 17.1 Å². The van der Waals surface area contributed by atoms with Crippen molar-refractivity contribution < 1.29 is 0 Å². The van der Waals surface area contributed by atoms with E-state index in [1.807, 2.05) is 13.0 Å². The first-order chi connectivity index (χ1) is 5.68. The maximum absolute atomic E-state index is 5.75. The lowest BCUT2D eigenvalue weighted by atomic mass is 10.2. The molecule has 0 amide bonds. The Morgan fingerprint density at radius 1 is 1.25 bits per heavy atom. The quantitative estimate of drug-likeness (QED) is 0.606. The second-order valence-electron chi connectivity index (χ2n) is 2.65. The Bertz CT molecular complexity index is 394. The zero-order valence-electron chi connectivity index (χ0n) is 6.66. The number of rotatable bonds is 0. The third kappa shape index (κ3) is 0.921. The molecule has 4 N–H and O–H groups in total. The third-order valence-electron chi connectivity index (χ3n) is 1.71. The van der Waals surface area contributed by atoms with Crippen LogP contribution in [0.3, 0.4) is 0 Å². The highest BCUT2D eigenvalue weighted by Crippen LogP contribution is 2.30. The molecule has 0 radical (unpaired) electrons. The molecule has 12 heavy (non-hydrogen) atoms. The molecule has 3 nitrogen and oxygen atoms in total. The summed E-state index contributed by atoms with van der Waals surface area (Å²) in [5, 5.41) is 0.995. The van der Waals surface area contributed by atoms with Gasteiger partial charge in [0.25, 0.3) is 0 Å². The van der Waals surface area contributed by atoms with Crippen LogP contribution < -0.4 is 11.5 Å². The van der Waals surface area contributed by atoms with Gasteiger partial charge in [0.2, 0.25) is 0 Å². The fourth-order valence-electron chi connectivity index (χ4n) is 1.15. The van der Waals surface area contributed by atoms with Crippen LogP contribution in [0.4, 0.5) is 11.4 Å². The number of aromatic nitrogens is 1. The molecule has 0 fully saturated rings. The Morgan fingerprint density at radius 3 is 2.58 bits per heavy atom. The van der Waals surface area contributed by atoms with Crippen molar-refractivity contribution in [2.24, 2.45) is 0 Å². The lowest BCUT2D eigenvalue weighted by Gasteiger charge is -1.96. The van der Waals surface area contributed by atoms with E-state index in [2.05, 4.69) is 4.98 Å². The van der Waals surface area contributed by atoms with E-state index in [0.717, 1.165) is 20.9 Å². The Balaban J connectivity index is 2.93. The van der Waals surface area contributed by atoms with Crippen LogP contribution in [0.15, 0.2) is 12.1 Å². The molecule has 4 heteroatoms. The van der Waals surface area contributed by atoms with E-state index in [0.29, 0.717) is 5.69 Å². The van der Waals surface area contributed by atoms with Gasteiger partial charge >= 0.3 is 0 Å². The second-order valence-corrected chi connectivity index (χ2v) is 3.86. The van der Waals surface area contributed by atoms with Gasteiger partial charge in [-0.25, -0.2) is 4.98 Å². The molecule has 0 unspecified atom stereocenters. The zero-order valence-corrected chi connectivity index (χ0v) is 7.48. The number of hydrogen-bond acceptors (Lipinski definition) is 4. The van der Waals surface area contributed by atoms with E-state index in [-0.39, 0.29) is 0 Å². The molecule has 0 aliphatic rings. The SMILES string of the molecule is Cc1nc2c(N)ccc(N)c2s1. The molecule has 0 aliphatic carbocycles. The minimum atomic E-state index is 0.698. The number of fused-ring (bicyclic) bond motifs is 1. The maximum Gasteiger partial charge on any atom is 0.106 e. The first-order valence-corrected chi connectivity index (χ1v) is 4.41. The number of anilines is 2. The average molecular weight is 179 g/mol. The van der Waals surface area contributed by atoms with Gasteiger partial charge in [-0.15, -0.1) is 11.3 Å². The lowest BCUT2D eigenvalue weighted by molar-refractivity contribution is 1.35. The van der Waals surface area contributed by atoms with Crippen LogP contribution in [0, 0.1) is 6.92 Å². The van der Waals surface area contributed by atoms with Gasteiger partial charge in [-0.3, -0.25) is 0 Å². The van der Waals surface area contributed by atoms with Gasteiger partial charge in [-0.2, -0.15) is 0 Å². The molecule has 0 spiro atoms. The van der Waals surface area contributed by atoms with Crippen molar-refractivity contribution >= 4 is 32.9 Å². The van der Waals surface area contributed by atoms with E-state index in [9.17, 15) is 0 Å². The average Bonchev–Trinajstić information content (AvgIpc) is 2.41. The molecule has 0 saturated heterocycles. The number of nitrogens with zero attached hydrogens (tertiary/aromatic N) is 1. The molecule has 2 rings (SSSR count). The molecule has 0 aliphatic heterocycles. The standard InChI is InChI=1S/C8H9N3S/c1-4-11-7-5(9)2-3-6(10)8(7)12-4/h2-3H,9-10H2,1H3. The predicted molar refractivity (Wildman–Crippen MR) is 53.2 cm³/mol. The number of nitrogens with two attached hydrogens (primary N) is 2. The van der Waals surface area contributed by atoms with Crippen LogP contribution in [0.5, 0.6) is 0 Å². The Morgan fingerprint density at radius 2 is 1.92 bits per heavy atom. The summed E-state index contributed by atoms with van der Waals surface area (Å²) in [7, 11) is 0. The molecule has 0 saturated carbocycles. The summed E-state index contributed by atoms with van der Waals surface area (Å²) in [4.78, 5) is 4.29. The monoisotopic (exact) mass is 179 g/mol. The first kappa shape index (κ1) is 7.36. The van der Waals surface area contributed by atoms with Crippen molar-refractivity contribution in [2.45, 2.75) is 6.92 Å². The number of thiazole rings is 1. The van der Waals surface area contributed by atoms with Crippen LogP contribution in [0.2, 0.25) is 0 Å². The predicted octanol–water partition coefficient (Wildman–Crippen LogP) is 1.77. The summed E-state index contributed by atoms with van der Waals surface area (Å²) in [5.41, 5.74) is 13.8. The number of hydrogen-bond donors (Lipinski definition) is 2. The maximum atomic E-state index is 5.75. The van der Waals surface area contributed by atoms with Crippen LogP contribution in [-0.2, 0) is 0 Å². The number of aryl methyl sites for hydroxylation is 1. The van der Waals surface area contributed by atoms with Gasteiger partial charge < -0.3 is 11.5 Å². The minimum Gasteiger partial charge on any atom is -0.398 e. The largest absolute Gasteiger partial charge is 0.398 e.